The molecule has 0 N–H and O–H groups in total. The minimum Gasteiger partial charge on any atom is -0.466 e. The molecule has 0 bridgehead atoms. The van der Waals surface area contributed by atoms with E-state index in [0.29, 0.717) is 13.0 Å². The third kappa shape index (κ3) is 19.5. The van der Waals surface area contributed by atoms with Gasteiger partial charge in [-0.05, 0) is 83.8 Å². The molecule has 0 aromatic carbocycles. The first-order valence-corrected chi connectivity index (χ1v) is 11.4. The zero-order valence-electron chi connectivity index (χ0n) is 18.4. The summed E-state index contributed by atoms with van der Waals surface area (Å²) in [6.45, 7) is 10.5. The van der Waals surface area contributed by atoms with Gasteiger partial charge in [0, 0.05) is 6.42 Å². The van der Waals surface area contributed by atoms with Gasteiger partial charge in [-0.2, -0.15) is 0 Å². The number of hydrogen-bond acceptors (Lipinski definition) is 3. The Hall–Kier alpha value is -1.09. The Morgan fingerprint density at radius 3 is 1.85 bits per heavy atom. The second kappa shape index (κ2) is 21.2. The third-order valence-electron chi connectivity index (χ3n) is 4.81. The Morgan fingerprint density at radius 2 is 1.30 bits per heavy atom. The van der Waals surface area contributed by atoms with Crippen molar-refractivity contribution in [1.29, 1.82) is 0 Å². The van der Waals surface area contributed by atoms with Gasteiger partial charge in [-0.15, -0.1) is 0 Å². The van der Waals surface area contributed by atoms with Crippen LogP contribution in [0.4, 0.5) is 0 Å². The molecule has 0 aromatic heterocycles. The van der Waals surface area contributed by atoms with Crippen LogP contribution in [0.5, 0.6) is 0 Å². The van der Waals surface area contributed by atoms with E-state index in [1.807, 2.05) is 0 Å². The van der Waals surface area contributed by atoms with Crippen molar-refractivity contribution < 1.29 is 9.53 Å². The molecule has 0 saturated carbocycles. The van der Waals surface area contributed by atoms with Crippen LogP contribution in [-0.2, 0) is 9.53 Å². The van der Waals surface area contributed by atoms with Crippen LogP contribution in [0, 0.1) is 0 Å². The van der Waals surface area contributed by atoms with Crippen LogP contribution in [0.3, 0.4) is 0 Å². The summed E-state index contributed by atoms with van der Waals surface area (Å²) in [6.07, 6.45) is 22.3. The Morgan fingerprint density at radius 1 is 0.741 bits per heavy atom. The molecule has 0 amide bonds. The lowest BCUT2D eigenvalue weighted by atomic mass is 10.1. The molecule has 0 heterocycles. The third-order valence-corrected chi connectivity index (χ3v) is 4.81. The van der Waals surface area contributed by atoms with Gasteiger partial charge >= 0.3 is 5.97 Å². The smallest absolute Gasteiger partial charge is 0.305 e. The molecule has 0 saturated heterocycles. The van der Waals surface area contributed by atoms with Crippen LogP contribution in [0.2, 0.25) is 0 Å². The first kappa shape index (κ1) is 25.9. The van der Waals surface area contributed by atoms with E-state index < -0.39 is 0 Å². The SMILES string of the molecule is CCC/C=C\CCCC/C=C\CCCCC(=O)OCCCCN(CC)CC. The fourth-order valence-electron chi connectivity index (χ4n) is 2.93. The van der Waals surface area contributed by atoms with E-state index in [4.69, 9.17) is 4.74 Å². The van der Waals surface area contributed by atoms with E-state index >= 15 is 0 Å². The van der Waals surface area contributed by atoms with Crippen LogP contribution in [0.25, 0.3) is 0 Å². The quantitative estimate of drug-likeness (QED) is 0.142. The van der Waals surface area contributed by atoms with E-state index in [2.05, 4.69) is 50.0 Å². The molecule has 0 atom stereocenters. The van der Waals surface area contributed by atoms with Gasteiger partial charge in [0.1, 0.15) is 0 Å². The summed E-state index contributed by atoms with van der Waals surface area (Å²) in [5, 5.41) is 0. The number of allylic oxidation sites excluding steroid dienone is 4. The summed E-state index contributed by atoms with van der Waals surface area (Å²) in [5.41, 5.74) is 0. The summed E-state index contributed by atoms with van der Waals surface area (Å²) < 4.78 is 5.32. The van der Waals surface area contributed by atoms with E-state index in [1.54, 1.807) is 0 Å². The number of carbonyl (C=O) groups excluding carboxylic acids is 1. The maximum atomic E-state index is 11.7. The molecule has 3 heteroatoms. The van der Waals surface area contributed by atoms with Crippen molar-refractivity contribution in [3.05, 3.63) is 24.3 Å². The second-order valence-electron chi connectivity index (χ2n) is 7.22. The lowest BCUT2D eigenvalue weighted by molar-refractivity contribution is -0.143. The van der Waals surface area contributed by atoms with E-state index in [0.717, 1.165) is 51.7 Å². The lowest BCUT2D eigenvalue weighted by Gasteiger charge is -2.17. The van der Waals surface area contributed by atoms with Crippen molar-refractivity contribution >= 4 is 5.97 Å². The number of nitrogens with zero attached hydrogens (tertiary/aromatic N) is 1. The van der Waals surface area contributed by atoms with Gasteiger partial charge in [-0.25, -0.2) is 0 Å². The summed E-state index contributed by atoms with van der Waals surface area (Å²) >= 11 is 0. The predicted molar refractivity (Wildman–Crippen MR) is 118 cm³/mol. The molecule has 0 rings (SSSR count). The summed E-state index contributed by atoms with van der Waals surface area (Å²) in [4.78, 5) is 14.1. The van der Waals surface area contributed by atoms with Crippen molar-refractivity contribution in [3.8, 4) is 0 Å². The van der Waals surface area contributed by atoms with Crippen molar-refractivity contribution in [2.24, 2.45) is 0 Å². The standard InChI is InChI=1S/C24H45NO2/c1-4-7-8-9-10-11-12-13-14-15-16-17-18-21-24(26)27-23-20-19-22-25(5-2)6-3/h8-9,14-15H,4-7,10-13,16-23H2,1-3H3/b9-8-,15-14-. The number of rotatable bonds is 19. The van der Waals surface area contributed by atoms with Gasteiger partial charge in [0.05, 0.1) is 6.61 Å². The van der Waals surface area contributed by atoms with Crippen LogP contribution in [-0.4, -0.2) is 37.1 Å². The highest BCUT2D eigenvalue weighted by Crippen LogP contribution is 2.06. The van der Waals surface area contributed by atoms with Gasteiger partial charge in [-0.1, -0.05) is 51.5 Å². The first-order chi connectivity index (χ1) is 13.2. The lowest BCUT2D eigenvalue weighted by Crippen LogP contribution is -2.24. The Balaban J connectivity index is 3.35. The predicted octanol–water partition coefficient (Wildman–Crippen LogP) is 6.68. The van der Waals surface area contributed by atoms with E-state index in [9.17, 15) is 4.79 Å². The Bertz CT molecular complexity index is 373. The normalized spacial score (nSPS) is 11.9. The molecule has 0 aromatic rings. The fourth-order valence-corrected chi connectivity index (χ4v) is 2.93. The van der Waals surface area contributed by atoms with Crippen molar-refractivity contribution in [3.63, 3.8) is 0 Å². The molecule has 0 spiro atoms. The number of ether oxygens (including phenoxy) is 1. The largest absolute Gasteiger partial charge is 0.466 e. The van der Waals surface area contributed by atoms with Gasteiger partial charge in [0.2, 0.25) is 0 Å². The fraction of sp³-hybridized carbons (Fsp3) is 0.792. The number of esters is 1. The monoisotopic (exact) mass is 379 g/mol. The Kier molecular flexibility index (Phi) is 20.4. The average Bonchev–Trinajstić information content (AvgIpc) is 2.68. The molecule has 3 nitrogen and oxygen atoms in total. The summed E-state index contributed by atoms with van der Waals surface area (Å²) in [7, 11) is 0. The molecular weight excluding hydrogens is 334 g/mol. The molecule has 0 aliphatic carbocycles. The molecule has 27 heavy (non-hydrogen) atoms. The van der Waals surface area contributed by atoms with Crippen LogP contribution >= 0.6 is 0 Å². The van der Waals surface area contributed by atoms with Gasteiger partial charge in [0.15, 0.2) is 0 Å². The van der Waals surface area contributed by atoms with Gasteiger partial charge in [-0.3, -0.25) is 4.79 Å². The minimum absolute atomic E-state index is 0.0297. The molecule has 0 fully saturated rings. The molecule has 158 valence electrons. The van der Waals surface area contributed by atoms with Crippen molar-refractivity contribution in [1.82, 2.24) is 4.90 Å². The molecule has 0 unspecified atom stereocenters. The second-order valence-corrected chi connectivity index (χ2v) is 7.22. The Labute approximate surface area is 169 Å². The maximum Gasteiger partial charge on any atom is 0.305 e. The zero-order valence-corrected chi connectivity index (χ0v) is 18.4. The zero-order chi connectivity index (χ0) is 20.0. The summed E-state index contributed by atoms with van der Waals surface area (Å²) in [5.74, 6) is -0.0297. The summed E-state index contributed by atoms with van der Waals surface area (Å²) in [6, 6.07) is 0. The minimum atomic E-state index is -0.0297. The highest BCUT2D eigenvalue weighted by molar-refractivity contribution is 5.69. The highest BCUT2D eigenvalue weighted by atomic mass is 16.5. The molecule has 0 radical (unpaired) electrons. The van der Waals surface area contributed by atoms with Crippen LogP contribution < -0.4 is 0 Å². The van der Waals surface area contributed by atoms with E-state index in [1.165, 1.54) is 38.5 Å². The van der Waals surface area contributed by atoms with Gasteiger partial charge < -0.3 is 9.64 Å². The maximum absolute atomic E-state index is 11.7. The van der Waals surface area contributed by atoms with Gasteiger partial charge in [0.25, 0.3) is 0 Å². The topological polar surface area (TPSA) is 29.5 Å². The number of carbonyl (C=O) groups is 1. The highest BCUT2D eigenvalue weighted by Gasteiger charge is 2.03. The molecular formula is C24H45NO2. The van der Waals surface area contributed by atoms with Crippen LogP contribution in [0.15, 0.2) is 24.3 Å². The van der Waals surface area contributed by atoms with Crippen molar-refractivity contribution in [2.45, 2.75) is 97.8 Å². The first-order valence-electron chi connectivity index (χ1n) is 11.4. The van der Waals surface area contributed by atoms with Crippen LogP contribution in [0.1, 0.15) is 97.8 Å². The molecule has 0 aliphatic rings. The number of hydrogen-bond donors (Lipinski definition) is 0. The number of unbranched alkanes of at least 4 members (excludes halogenated alkanes) is 7. The molecule has 0 aliphatic heterocycles. The average molecular weight is 380 g/mol. The van der Waals surface area contributed by atoms with Crippen molar-refractivity contribution in [2.75, 3.05) is 26.2 Å². The van der Waals surface area contributed by atoms with E-state index in [-0.39, 0.29) is 5.97 Å².